The Hall–Kier alpha value is -0.330. The predicted molar refractivity (Wildman–Crippen MR) is 56.9 cm³/mol. The van der Waals surface area contributed by atoms with Crippen LogP contribution in [0.2, 0.25) is 0 Å². The summed E-state index contributed by atoms with van der Waals surface area (Å²) in [4.78, 5) is 4.08. The van der Waals surface area contributed by atoms with Crippen LogP contribution >= 0.6 is 0 Å². The molecule has 1 rings (SSSR count). The van der Waals surface area contributed by atoms with Gasteiger partial charge < -0.3 is 0 Å². The second kappa shape index (κ2) is 7.33. The van der Waals surface area contributed by atoms with E-state index in [1.54, 1.807) is 0 Å². The van der Waals surface area contributed by atoms with Crippen molar-refractivity contribution in [2.75, 3.05) is 0 Å². The highest BCUT2D eigenvalue weighted by molar-refractivity contribution is 5.24. The Morgan fingerprint density at radius 3 is 2.25 bits per heavy atom. The maximum atomic E-state index is 4.08. The molecule has 0 spiro atoms. The van der Waals surface area contributed by atoms with E-state index < -0.39 is 0 Å². The highest BCUT2D eigenvalue weighted by Gasteiger charge is 2.19. The summed E-state index contributed by atoms with van der Waals surface area (Å²) in [7, 11) is 0. The Morgan fingerprint density at radius 1 is 1.42 bits per heavy atom. The Balaban J connectivity index is 0.000000561. The van der Waals surface area contributed by atoms with Crippen LogP contribution in [0.25, 0.3) is 0 Å². The lowest BCUT2D eigenvalue weighted by Gasteiger charge is -2.27. The van der Waals surface area contributed by atoms with Crippen LogP contribution in [0, 0.1) is 5.92 Å². The first kappa shape index (κ1) is 11.7. The molecular formula is C11H23N. The van der Waals surface area contributed by atoms with Gasteiger partial charge in [0.15, 0.2) is 0 Å². The van der Waals surface area contributed by atoms with E-state index in [2.05, 4.69) is 18.6 Å². The van der Waals surface area contributed by atoms with Crippen molar-refractivity contribution < 1.29 is 0 Å². The van der Waals surface area contributed by atoms with Crippen molar-refractivity contribution in [2.45, 2.75) is 58.9 Å². The van der Waals surface area contributed by atoms with Crippen LogP contribution in [-0.2, 0) is 0 Å². The van der Waals surface area contributed by atoms with Gasteiger partial charge in [-0.3, -0.25) is 4.99 Å². The summed E-state index contributed by atoms with van der Waals surface area (Å²) in [6, 6.07) is 0.547. The SMILES string of the molecule is C=NC(CC)CC1CCC1.CC. The molecule has 0 aromatic rings. The second-order valence-electron chi connectivity index (χ2n) is 3.28. The summed E-state index contributed by atoms with van der Waals surface area (Å²) in [5.74, 6) is 0.982. The van der Waals surface area contributed by atoms with Crippen LogP contribution in [0.1, 0.15) is 52.9 Å². The molecule has 1 aliphatic carbocycles. The molecule has 1 atom stereocenters. The summed E-state index contributed by atoms with van der Waals surface area (Å²) in [5, 5.41) is 0. The lowest BCUT2D eigenvalue weighted by molar-refractivity contribution is 0.275. The van der Waals surface area contributed by atoms with Crippen LogP contribution in [-0.4, -0.2) is 12.8 Å². The van der Waals surface area contributed by atoms with E-state index in [1.165, 1.54) is 32.1 Å². The number of hydrogen-bond donors (Lipinski definition) is 0. The minimum Gasteiger partial charge on any atom is -0.298 e. The fourth-order valence-electron chi connectivity index (χ4n) is 1.48. The van der Waals surface area contributed by atoms with Gasteiger partial charge in [-0.05, 0) is 25.5 Å². The third-order valence-electron chi connectivity index (χ3n) is 2.56. The Kier molecular flexibility index (Phi) is 7.12. The Bertz CT molecular complexity index is 106. The molecule has 0 aromatic carbocycles. The zero-order chi connectivity index (χ0) is 9.40. The third kappa shape index (κ3) is 3.89. The second-order valence-corrected chi connectivity index (χ2v) is 3.28. The minimum atomic E-state index is 0.547. The zero-order valence-electron chi connectivity index (χ0n) is 8.84. The molecule has 12 heavy (non-hydrogen) atoms. The summed E-state index contributed by atoms with van der Waals surface area (Å²) in [5.41, 5.74) is 0. The predicted octanol–water partition coefficient (Wildman–Crippen LogP) is 3.68. The molecule has 0 heterocycles. The molecule has 0 amide bonds. The van der Waals surface area contributed by atoms with Crippen LogP contribution in [0.3, 0.4) is 0 Å². The van der Waals surface area contributed by atoms with Gasteiger partial charge in [-0.25, -0.2) is 0 Å². The van der Waals surface area contributed by atoms with Gasteiger partial charge in [0.25, 0.3) is 0 Å². The molecule has 0 N–H and O–H groups in total. The molecular weight excluding hydrogens is 146 g/mol. The average molecular weight is 169 g/mol. The molecule has 1 aliphatic rings. The molecule has 0 saturated heterocycles. The highest BCUT2D eigenvalue weighted by atomic mass is 14.7. The topological polar surface area (TPSA) is 12.4 Å². The normalized spacial score (nSPS) is 18.6. The molecule has 72 valence electrons. The van der Waals surface area contributed by atoms with Gasteiger partial charge in [0.1, 0.15) is 0 Å². The number of hydrogen-bond acceptors (Lipinski definition) is 1. The van der Waals surface area contributed by atoms with E-state index >= 15 is 0 Å². The summed E-state index contributed by atoms with van der Waals surface area (Å²) < 4.78 is 0. The largest absolute Gasteiger partial charge is 0.298 e. The van der Waals surface area contributed by atoms with Crippen molar-refractivity contribution >= 4 is 6.72 Å². The van der Waals surface area contributed by atoms with E-state index in [0.717, 1.165) is 5.92 Å². The van der Waals surface area contributed by atoms with Crippen molar-refractivity contribution in [1.29, 1.82) is 0 Å². The number of aliphatic imine (C=N–C) groups is 1. The van der Waals surface area contributed by atoms with E-state index in [0.29, 0.717) is 6.04 Å². The van der Waals surface area contributed by atoms with Crippen molar-refractivity contribution in [1.82, 2.24) is 0 Å². The van der Waals surface area contributed by atoms with Crippen molar-refractivity contribution in [3.63, 3.8) is 0 Å². The Morgan fingerprint density at radius 2 is 2.00 bits per heavy atom. The van der Waals surface area contributed by atoms with E-state index in [-0.39, 0.29) is 0 Å². The summed E-state index contributed by atoms with van der Waals surface area (Å²) in [6.45, 7) is 9.79. The minimum absolute atomic E-state index is 0.547. The number of nitrogens with zero attached hydrogens (tertiary/aromatic N) is 1. The number of rotatable bonds is 4. The fraction of sp³-hybridized carbons (Fsp3) is 0.909. The smallest absolute Gasteiger partial charge is 0.0492 e. The first-order chi connectivity index (χ1) is 5.86. The molecule has 0 aromatic heterocycles. The maximum Gasteiger partial charge on any atom is 0.0492 e. The van der Waals surface area contributed by atoms with Gasteiger partial charge in [0.05, 0.1) is 0 Å². The quantitative estimate of drug-likeness (QED) is 0.569. The monoisotopic (exact) mass is 169 g/mol. The first-order valence-electron chi connectivity index (χ1n) is 5.32. The average Bonchev–Trinajstić information content (AvgIpc) is 2.07. The van der Waals surface area contributed by atoms with Gasteiger partial charge in [0.2, 0.25) is 0 Å². The van der Waals surface area contributed by atoms with Crippen LogP contribution in [0.4, 0.5) is 0 Å². The summed E-state index contributed by atoms with van der Waals surface area (Å²) in [6.07, 6.45) is 6.77. The van der Waals surface area contributed by atoms with Gasteiger partial charge in [0, 0.05) is 6.04 Å². The molecule has 0 radical (unpaired) electrons. The maximum absolute atomic E-state index is 4.08. The van der Waals surface area contributed by atoms with Gasteiger partial charge in [-0.1, -0.05) is 40.0 Å². The molecule has 1 fully saturated rings. The van der Waals surface area contributed by atoms with Crippen LogP contribution < -0.4 is 0 Å². The van der Waals surface area contributed by atoms with Crippen LogP contribution in [0.5, 0.6) is 0 Å². The van der Waals surface area contributed by atoms with E-state index in [4.69, 9.17) is 0 Å². The standard InChI is InChI=1S/C9H17N.C2H6/c1-3-9(10-2)7-8-5-4-6-8;1-2/h8-9H,2-7H2,1H3;1-2H3. The lowest BCUT2D eigenvalue weighted by atomic mass is 9.80. The molecule has 1 unspecified atom stereocenters. The molecule has 1 nitrogen and oxygen atoms in total. The first-order valence-corrected chi connectivity index (χ1v) is 5.32. The zero-order valence-corrected chi connectivity index (χ0v) is 8.84. The Labute approximate surface area is 77.3 Å². The summed E-state index contributed by atoms with van der Waals surface area (Å²) >= 11 is 0. The van der Waals surface area contributed by atoms with E-state index in [1.807, 2.05) is 13.8 Å². The molecule has 0 bridgehead atoms. The van der Waals surface area contributed by atoms with Crippen LogP contribution in [0.15, 0.2) is 4.99 Å². The van der Waals surface area contributed by atoms with Crippen molar-refractivity contribution in [3.05, 3.63) is 0 Å². The molecule has 1 heteroatoms. The van der Waals surface area contributed by atoms with Crippen molar-refractivity contribution in [3.8, 4) is 0 Å². The lowest BCUT2D eigenvalue weighted by Crippen LogP contribution is -2.17. The van der Waals surface area contributed by atoms with Gasteiger partial charge >= 0.3 is 0 Å². The van der Waals surface area contributed by atoms with Gasteiger partial charge in [-0.15, -0.1) is 0 Å². The fourth-order valence-corrected chi connectivity index (χ4v) is 1.48. The van der Waals surface area contributed by atoms with Crippen molar-refractivity contribution in [2.24, 2.45) is 10.9 Å². The van der Waals surface area contributed by atoms with E-state index in [9.17, 15) is 0 Å². The van der Waals surface area contributed by atoms with Gasteiger partial charge in [-0.2, -0.15) is 0 Å². The third-order valence-corrected chi connectivity index (χ3v) is 2.56. The molecule has 0 aliphatic heterocycles. The molecule has 1 saturated carbocycles. The highest BCUT2D eigenvalue weighted by Crippen LogP contribution is 2.31.